The predicted molar refractivity (Wildman–Crippen MR) is 284 cm³/mol. The van der Waals surface area contributed by atoms with E-state index in [0.29, 0.717) is 19.3 Å². The SMILES string of the molecule is CCC(C)CCCCCCCCCCCCCCCCCCCCC(=O)OC[C@H](COC(=O)CCCCCCCCCCCCCC(C)C)OC(=O)CCCCCCCCCCC(C)CC. The third kappa shape index (κ3) is 50.3. The average Bonchev–Trinajstić information content (AvgIpc) is 3.30. The molecule has 0 aromatic rings. The Morgan fingerprint density at radius 2 is 0.530 bits per heavy atom. The minimum Gasteiger partial charge on any atom is -0.462 e. The average molecular weight is 934 g/mol. The van der Waals surface area contributed by atoms with E-state index in [4.69, 9.17) is 14.2 Å². The van der Waals surface area contributed by atoms with E-state index in [-0.39, 0.29) is 31.1 Å². The molecule has 0 aliphatic rings. The van der Waals surface area contributed by atoms with Crippen LogP contribution < -0.4 is 0 Å². The predicted octanol–water partition coefficient (Wildman–Crippen LogP) is 19.5. The molecular formula is C60H116O6. The molecule has 0 aromatic carbocycles. The molecule has 0 aliphatic heterocycles. The van der Waals surface area contributed by atoms with Gasteiger partial charge in [-0.15, -0.1) is 0 Å². The Hall–Kier alpha value is -1.59. The van der Waals surface area contributed by atoms with Crippen molar-refractivity contribution in [3.8, 4) is 0 Å². The first-order valence-electron chi connectivity index (χ1n) is 29.7. The van der Waals surface area contributed by atoms with Gasteiger partial charge in [0.1, 0.15) is 13.2 Å². The molecule has 6 nitrogen and oxygen atoms in total. The standard InChI is InChI=1S/C60H116O6/c1-7-55(5)47-41-35-29-23-19-15-13-11-9-10-12-14-16-20-24-31-37-43-49-58(61)64-52-57(66-60(63)51-45-39-33-27-26-30-36-42-48-56(6)8-2)53-65-59(62)50-44-38-32-25-21-17-18-22-28-34-40-46-54(3)4/h54-57H,7-53H2,1-6H3/t55?,56?,57-/m1/s1. The number of hydrogen-bond acceptors (Lipinski definition) is 6. The fourth-order valence-corrected chi connectivity index (χ4v) is 9.11. The van der Waals surface area contributed by atoms with Crippen molar-refractivity contribution in [1.82, 2.24) is 0 Å². The Morgan fingerprint density at radius 3 is 0.788 bits per heavy atom. The summed E-state index contributed by atoms with van der Waals surface area (Å²) in [5, 5.41) is 0. The van der Waals surface area contributed by atoms with Gasteiger partial charge < -0.3 is 14.2 Å². The highest BCUT2D eigenvalue weighted by Gasteiger charge is 2.19. The summed E-state index contributed by atoms with van der Waals surface area (Å²) >= 11 is 0. The normalized spacial score (nSPS) is 13.0. The monoisotopic (exact) mass is 933 g/mol. The van der Waals surface area contributed by atoms with E-state index in [1.807, 2.05) is 0 Å². The number of hydrogen-bond donors (Lipinski definition) is 0. The van der Waals surface area contributed by atoms with Gasteiger partial charge in [-0.05, 0) is 37.0 Å². The summed E-state index contributed by atoms with van der Waals surface area (Å²) in [6, 6.07) is 0. The number of carbonyl (C=O) groups excluding carboxylic acids is 3. The van der Waals surface area contributed by atoms with Crippen LogP contribution in [0, 0.1) is 17.8 Å². The van der Waals surface area contributed by atoms with Crippen LogP contribution in [-0.2, 0) is 28.6 Å². The lowest BCUT2D eigenvalue weighted by molar-refractivity contribution is -0.167. The maximum Gasteiger partial charge on any atom is 0.306 e. The summed E-state index contributed by atoms with van der Waals surface area (Å²) < 4.78 is 16.9. The van der Waals surface area contributed by atoms with E-state index in [1.165, 1.54) is 212 Å². The van der Waals surface area contributed by atoms with Gasteiger partial charge in [0.2, 0.25) is 0 Å². The number of esters is 3. The summed E-state index contributed by atoms with van der Waals surface area (Å²) in [5.41, 5.74) is 0. The van der Waals surface area contributed by atoms with Crippen LogP contribution in [0.3, 0.4) is 0 Å². The quantitative estimate of drug-likeness (QED) is 0.0343. The fourth-order valence-electron chi connectivity index (χ4n) is 9.11. The third-order valence-electron chi connectivity index (χ3n) is 14.4. The molecule has 6 heteroatoms. The van der Waals surface area contributed by atoms with Crippen molar-refractivity contribution in [1.29, 1.82) is 0 Å². The van der Waals surface area contributed by atoms with Crippen molar-refractivity contribution in [2.24, 2.45) is 17.8 Å². The molecule has 0 aromatic heterocycles. The first-order valence-corrected chi connectivity index (χ1v) is 29.7. The summed E-state index contributed by atoms with van der Waals surface area (Å²) in [6.45, 7) is 13.8. The molecule has 0 radical (unpaired) electrons. The highest BCUT2D eigenvalue weighted by atomic mass is 16.6. The number of carbonyl (C=O) groups is 3. The van der Waals surface area contributed by atoms with Crippen molar-refractivity contribution in [2.45, 2.75) is 337 Å². The van der Waals surface area contributed by atoms with E-state index in [9.17, 15) is 14.4 Å². The molecule has 0 rings (SSSR count). The van der Waals surface area contributed by atoms with Gasteiger partial charge in [0, 0.05) is 19.3 Å². The molecule has 0 fully saturated rings. The fraction of sp³-hybridized carbons (Fsp3) is 0.950. The smallest absolute Gasteiger partial charge is 0.306 e. The minimum atomic E-state index is -0.764. The van der Waals surface area contributed by atoms with Crippen molar-refractivity contribution in [3.63, 3.8) is 0 Å². The van der Waals surface area contributed by atoms with Gasteiger partial charge in [-0.2, -0.15) is 0 Å². The van der Waals surface area contributed by atoms with E-state index >= 15 is 0 Å². The number of rotatable bonds is 53. The third-order valence-corrected chi connectivity index (χ3v) is 14.4. The summed E-state index contributed by atoms with van der Waals surface area (Å²) in [7, 11) is 0. The van der Waals surface area contributed by atoms with E-state index in [0.717, 1.165) is 75.5 Å². The summed E-state index contributed by atoms with van der Waals surface area (Å²) in [4.78, 5) is 38.1. The van der Waals surface area contributed by atoms with Crippen LogP contribution in [-0.4, -0.2) is 37.2 Å². The Kier molecular flexibility index (Phi) is 50.0. The summed E-state index contributed by atoms with van der Waals surface area (Å²) in [6.07, 6.45) is 53.8. The second kappa shape index (κ2) is 51.3. The highest BCUT2D eigenvalue weighted by Crippen LogP contribution is 2.19. The Morgan fingerprint density at radius 1 is 0.303 bits per heavy atom. The maximum atomic E-state index is 12.8. The molecule has 0 amide bonds. The first-order chi connectivity index (χ1) is 32.2. The zero-order chi connectivity index (χ0) is 48.4. The van der Waals surface area contributed by atoms with Crippen molar-refractivity contribution < 1.29 is 28.6 Å². The number of ether oxygens (including phenoxy) is 3. The summed E-state index contributed by atoms with van der Waals surface area (Å²) in [5.74, 6) is 1.74. The lowest BCUT2D eigenvalue weighted by Gasteiger charge is -2.18. The van der Waals surface area contributed by atoms with Crippen LogP contribution in [0.15, 0.2) is 0 Å². The molecule has 0 saturated carbocycles. The Balaban J connectivity index is 4.22. The molecule has 3 atom stereocenters. The van der Waals surface area contributed by atoms with Gasteiger partial charge in [0.25, 0.3) is 0 Å². The van der Waals surface area contributed by atoms with Crippen LogP contribution in [0.5, 0.6) is 0 Å². The molecule has 0 heterocycles. The molecule has 0 bridgehead atoms. The zero-order valence-electron chi connectivity index (χ0n) is 45.5. The number of unbranched alkanes of at least 4 members (excludes halogenated alkanes) is 34. The zero-order valence-corrected chi connectivity index (χ0v) is 45.5. The molecule has 0 N–H and O–H groups in total. The second-order valence-corrected chi connectivity index (χ2v) is 21.6. The topological polar surface area (TPSA) is 78.9 Å². The highest BCUT2D eigenvalue weighted by molar-refractivity contribution is 5.71. The molecule has 0 aliphatic carbocycles. The van der Waals surface area contributed by atoms with Crippen molar-refractivity contribution >= 4 is 17.9 Å². The largest absolute Gasteiger partial charge is 0.462 e. The van der Waals surface area contributed by atoms with Gasteiger partial charge in [0.15, 0.2) is 6.10 Å². The van der Waals surface area contributed by atoms with E-state index in [2.05, 4.69) is 41.5 Å². The van der Waals surface area contributed by atoms with Crippen molar-refractivity contribution in [3.05, 3.63) is 0 Å². The molecular weight excluding hydrogens is 817 g/mol. The van der Waals surface area contributed by atoms with E-state index in [1.54, 1.807) is 0 Å². The minimum absolute atomic E-state index is 0.0639. The van der Waals surface area contributed by atoms with Gasteiger partial charge >= 0.3 is 17.9 Å². The molecule has 66 heavy (non-hydrogen) atoms. The molecule has 0 spiro atoms. The Labute approximate surface area is 412 Å². The second-order valence-electron chi connectivity index (χ2n) is 21.6. The van der Waals surface area contributed by atoms with Crippen LogP contribution in [0.25, 0.3) is 0 Å². The molecule has 2 unspecified atom stereocenters. The lowest BCUT2D eigenvalue weighted by Crippen LogP contribution is -2.30. The first kappa shape index (κ1) is 64.4. The van der Waals surface area contributed by atoms with Crippen LogP contribution >= 0.6 is 0 Å². The van der Waals surface area contributed by atoms with Gasteiger partial charge in [-0.25, -0.2) is 0 Å². The lowest BCUT2D eigenvalue weighted by atomic mass is 9.99. The van der Waals surface area contributed by atoms with Gasteiger partial charge in [-0.1, -0.05) is 292 Å². The van der Waals surface area contributed by atoms with Crippen molar-refractivity contribution in [2.75, 3.05) is 13.2 Å². The van der Waals surface area contributed by atoms with Gasteiger partial charge in [-0.3, -0.25) is 14.4 Å². The molecule has 392 valence electrons. The van der Waals surface area contributed by atoms with Crippen LogP contribution in [0.4, 0.5) is 0 Å². The van der Waals surface area contributed by atoms with E-state index < -0.39 is 6.10 Å². The Bertz CT molecular complexity index is 1030. The van der Waals surface area contributed by atoms with Crippen LogP contribution in [0.1, 0.15) is 330 Å². The van der Waals surface area contributed by atoms with Gasteiger partial charge in [0.05, 0.1) is 0 Å². The molecule has 0 saturated heterocycles. The maximum absolute atomic E-state index is 12.8. The van der Waals surface area contributed by atoms with Crippen LogP contribution in [0.2, 0.25) is 0 Å².